The molecule has 2 rings (SSSR count). The van der Waals surface area contributed by atoms with Gasteiger partial charge in [-0.15, -0.1) is 12.4 Å². The molecular weight excluding hydrogens is 325 g/mol. The molecule has 1 aliphatic rings. The maximum absolute atomic E-state index is 12.1. The van der Waals surface area contributed by atoms with E-state index in [0.717, 1.165) is 31.2 Å². The zero-order valence-corrected chi connectivity index (χ0v) is 13.8. The molecule has 0 bridgehead atoms. The Balaban J connectivity index is 0.00000242. The van der Waals surface area contributed by atoms with E-state index in [2.05, 4.69) is 10.6 Å². The average molecular weight is 346 g/mol. The molecule has 7 heteroatoms. The number of hydrogen-bond donors (Lipinski definition) is 3. The molecule has 122 valence electrons. The van der Waals surface area contributed by atoms with Crippen molar-refractivity contribution >= 4 is 35.8 Å². The third-order valence-electron chi connectivity index (χ3n) is 3.86. The fourth-order valence-corrected chi connectivity index (χ4v) is 2.92. The minimum Gasteiger partial charge on any atom is -0.346 e. The lowest BCUT2D eigenvalue weighted by Crippen LogP contribution is -2.48. The first-order valence-corrected chi connectivity index (χ1v) is 7.47. The van der Waals surface area contributed by atoms with Gasteiger partial charge in [-0.2, -0.15) is 0 Å². The van der Waals surface area contributed by atoms with E-state index in [1.807, 2.05) is 24.3 Å². The molecule has 2 amide bonds. The van der Waals surface area contributed by atoms with Crippen molar-refractivity contribution in [2.75, 3.05) is 13.1 Å². The predicted molar refractivity (Wildman–Crippen MR) is 89.1 cm³/mol. The van der Waals surface area contributed by atoms with Crippen molar-refractivity contribution in [2.24, 2.45) is 5.73 Å². The highest BCUT2D eigenvalue weighted by molar-refractivity contribution is 6.30. The molecule has 0 unspecified atom stereocenters. The summed E-state index contributed by atoms with van der Waals surface area (Å²) in [5.41, 5.74) is 5.90. The molecule has 0 atom stereocenters. The molecule has 0 radical (unpaired) electrons. The lowest BCUT2D eigenvalue weighted by molar-refractivity contribution is -0.126. The van der Waals surface area contributed by atoms with Crippen molar-refractivity contribution in [3.05, 3.63) is 34.9 Å². The molecule has 5 nitrogen and oxygen atoms in total. The van der Waals surface area contributed by atoms with Crippen molar-refractivity contribution < 1.29 is 9.59 Å². The third-order valence-corrected chi connectivity index (χ3v) is 4.12. The van der Waals surface area contributed by atoms with Gasteiger partial charge in [0.25, 0.3) is 0 Å². The van der Waals surface area contributed by atoms with E-state index in [0.29, 0.717) is 5.02 Å². The number of carbonyl (C=O) groups is 2. The largest absolute Gasteiger partial charge is 0.346 e. The van der Waals surface area contributed by atoms with Gasteiger partial charge >= 0.3 is 0 Å². The maximum atomic E-state index is 12.1. The Bertz CT molecular complexity index is 514. The minimum absolute atomic E-state index is 0. The number of nitrogens with two attached hydrogens (primary N) is 1. The minimum atomic E-state index is -0.352. The van der Waals surface area contributed by atoms with E-state index in [9.17, 15) is 9.59 Å². The number of hydrogen-bond acceptors (Lipinski definition) is 3. The Morgan fingerprint density at radius 3 is 2.27 bits per heavy atom. The topological polar surface area (TPSA) is 84.2 Å². The lowest BCUT2D eigenvalue weighted by atomic mass is 9.88. The standard InChI is InChI=1S/C15H20ClN3O2.ClH/c16-12-5-3-11(4-6-12)15(7-1-2-8-15)19-14(21)10-18-13(20)9-17;/h3-6H,1-2,7-10,17H2,(H,18,20)(H,19,21);1H. The first-order chi connectivity index (χ1) is 10.1. The molecule has 0 heterocycles. The Kier molecular flexibility index (Phi) is 7.13. The van der Waals surface area contributed by atoms with E-state index in [-0.39, 0.29) is 42.8 Å². The van der Waals surface area contributed by atoms with Crippen LogP contribution in [0.25, 0.3) is 0 Å². The number of halogens is 2. The monoisotopic (exact) mass is 345 g/mol. The Labute approximate surface area is 141 Å². The summed E-state index contributed by atoms with van der Waals surface area (Å²) >= 11 is 5.92. The van der Waals surface area contributed by atoms with E-state index >= 15 is 0 Å². The second-order valence-electron chi connectivity index (χ2n) is 5.33. The number of rotatable bonds is 5. The Morgan fingerprint density at radius 2 is 1.73 bits per heavy atom. The predicted octanol–water partition coefficient (Wildman–Crippen LogP) is 1.72. The van der Waals surface area contributed by atoms with Crippen LogP contribution in [0.5, 0.6) is 0 Å². The summed E-state index contributed by atoms with van der Waals surface area (Å²) in [6.45, 7) is -0.166. The van der Waals surface area contributed by atoms with Gasteiger partial charge in [-0.1, -0.05) is 36.6 Å². The van der Waals surface area contributed by atoms with Crippen LogP contribution in [0.15, 0.2) is 24.3 Å². The summed E-state index contributed by atoms with van der Waals surface area (Å²) in [5, 5.41) is 6.23. The van der Waals surface area contributed by atoms with Crippen LogP contribution in [-0.4, -0.2) is 24.9 Å². The lowest BCUT2D eigenvalue weighted by Gasteiger charge is -2.31. The molecule has 0 spiro atoms. The van der Waals surface area contributed by atoms with Crippen LogP contribution >= 0.6 is 24.0 Å². The number of nitrogens with one attached hydrogen (secondary N) is 2. The molecule has 0 saturated heterocycles. The van der Waals surface area contributed by atoms with Gasteiger partial charge in [0.2, 0.25) is 11.8 Å². The smallest absolute Gasteiger partial charge is 0.240 e. The van der Waals surface area contributed by atoms with Gasteiger partial charge in [0.15, 0.2) is 0 Å². The maximum Gasteiger partial charge on any atom is 0.240 e. The van der Waals surface area contributed by atoms with Gasteiger partial charge in [-0.3, -0.25) is 9.59 Å². The summed E-state index contributed by atoms with van der Waals surface area (Å²) in [6, 6.07) is 7.57. The highest BCUT2D eigenvalue weighted by Crippen LogP contribution is 2.39. The molecule has 0 aromatic heterocycles. The number of amides is 2. The van der Waals surface area contributed by atoms with Gasteiger partial charge in [0.05, 0.1) is 18.6 Å². The first kappa shape index (κ1) is 18.7. The van der Waals surface area contributed by atoms with Gasteiger partial charge in [-0.05, 0) is 30.5 Å². The fraction of sp³-hybridized carbons (Fsp3) is 0.467. The Morgan fingerprint density at radius 1 is 1.14 bits per heavy atom. The molecule has 1 aromatic carbocycles. The highest BCUT2D eigenvalue weighted by atomic mass is 35.5. The van der Waals surface area contributed by atoms with Gasteiger partial charge < -0.3 is 16.4 Å². The molecular formula is C15H21Cl2N3O2. The van der Waals surface area contributed by atoms with Crippen LogP contribution in [0.4, 0.5) is 0 Å². The third kappa shape index (κ3) is 4.60. The van der Waals surface area contributed by atoms with Gasteiger partial charge in [-0.25, -0.2) is 0 Å². The van der Waals surface area contributed by atoms with Crippen molar-refractivity contribution in [1.82, 2.24) is 10.6 Å². The zero-order chi connectivity index (χ0) is 15.3. The SMILES string of the molecule is Cl.NCC(=O)NCC(=O)NC1(c2ccc(Cl)cc2)CCCC1. The molecule has 1 aromatic rings. The highest BCUT2D eigenvalue weighted by Gasteiger charge is 2.36. The van der Waals surface area contributed by atoms with Crippen LogP contribution in [-0.2, 0) is 15.1 Å². The Hall–Kier alpha value is -1.30. The number of benzene rings is 1. The summed E-state index contributed by atoms with van der Waals surface area (Å²) in [4.78, 5) is 23.2. The molecule has 1 fully saturated rings. The normalized spacial score (nSPS) is 15.7. The van der Waals surface area contributed by atoms with Crippen LogP contribution < -0.4 is 16.4 Å². The van der Waals surface area contributed by atoms with E-state index in [4.69, 9.17) is 17.3 Å². The van der Waals surface area contributed by atoms with Crippen LogP contribution in [0.1, 0.15) is 31.2 Å². The molecule has 22 heavy (non-hydrogen) atoms. The second-order valence-corrected chi connectivity index (χ2v) is 5.76. The van der Waals surface area contributed by atoms with Crippen molar-refractivity contribution in [3.63, 3.8) is 0 Å². The van der Waals surface area contributed by atoms with Crippen molar-refractivity contribution in [1.29, 1.82) is 0 Å². The fourth-order valence-electron chi connectivity index (χ4n) is 2.80. The summed E-state index contributed by atoms with van der Waals surface area (Å²) in [7, 11) is 0. The molecule has 1 saturated carbocycles. The molecule has 4 N–H and O–H groups in total. The molecule has 0 aliphatic heterocycles. The van der Waals surface area contributed by atoms with E-state index < -0.39 is 0 Å². The first-order valence-electron chi connectivity index (χ1n) is 7.09. The summed E-state index contributed by atoms with van der Waals surface area (Å²) in [5.74, 6) is -0.536. The van der Waals surface area contributed by atoms with Crippen LogP contribution in [0, 0.1) is 0 Å². The van der Waals surface area contributed by atoms with Crippen molar-refractivity contribution in [2.45, 2.75) is 31.2 Å². The van der Waals surface area contributed by atoms with Crippen LogP contribution in [0.3, 0.4) is 0 Å². The average Bonchev–Trinajstić information content (AvgIpc) is 2.95. The quantitative estimate of drug-likeness (QED) is 0.759. The van der Waals surface area contributed by atoms with Gasteiger partial charge in [0, 0.05) is 5.02 Å². The number of carbonyl (C=O) groups excluding carboxylic acids is 2. The van der Waals surface area contributed by atoms with Gasteiger partial charge in [0.1, 0.15) is 0 Å². The summed E-state index contributed by atoms with van der Waals surface area (Å²) in [6.07, 6.45) is 3.92. The van der Waals surface area contributed by atoms with E-state index in [1.165, 1.54) is 0 Å². The second kappa shape index (κ2) is 8.36. The summed E-state index contributed by atoms with van der Waals surface area (Å²) < 4.78 is 0. The van der Waals surface area contributed by atoms with E-state index in [1.54, 1.807) is 0 Å². The molecule has 1 aliphatic carbocycles. The van der Waals surface area contributed by atoms with Crippen molar-refractivity contribution in [3.8, 4) is 0 Å². The zero-order valence-electron chi connectivity index (χ0n) is 12.2. The van der Waals surface area contributed by atoms with Crippen LogP contribution in [0.2, 0.25) is 5.02 Å².